The number of hydrogen-bond acceptors (Lipinski definition) is 5. The van der Waals surface area contributed by atoms with Crippen LogP contribution in [0.4, 0.5) is 0 Å². The minimum atomic E-state index is -0.214. The van der Waals surface area contributed by atoms with Crippen LogP contribution in [0.25, 0.3) is 16.6 Å². The van der Waals surface area contributed by atoms with E-state index in [1.807, 2.05) is 54.6 Å². The molecule has 7 nitrogen and oxygen atoms in total. The van der Waals surface area contributed by atoms with Crippen molar-refractivity contribution >= 4 is 16.8 Å². The standard InChI is InChI=1S/C23H22N4O3/c1-29-19-10-8-18(9-11-19)27-15-12-20(26-27)23(28)25-14-4-16-30-21-7-2-5-17-6-3-13-24-22(17)21/h2-3,5-13,15H,4,14,16H2,1H3,(H,25,28). The molecule has 2 aromatic heterocycles. The summed E-state index contributed by atoms with van der Waals surface area (Å²) >= 11 is 0. The zero-order valence-corrected chi connectivity index (χ0v) is 16.6. The molecular weight excluding hydrogens is 380 g/mol. The number of methoxy groups -OCH3 is 1. The summed E-state index contributed by atoms with van der Waals surface area (Å²) < 4.78 is 12.7. The molecule has 0 atom stereocenters. The van der Waals surface area contributed by atoms with E-state index in [4.69, 9.17) is 9.47 Å². The molecule has 7 heteroatoms. The van der Waals surface area contributed by atoms with Crippen LogP contribution in [0.15, 0.2) is 73.1 Å². The zero-order chi connectivity index (χ0) is 20.8. The number of pyridine rings is 1. The minimum Gasteiger partial charge on any atom is -0.497 e. The van der Waals surface area contributed by atoms with Gasteiger partial charge in [0.25, 0.3) is 5.91 Å². The monoisotopic (exact) mass is 402 g/mol. The molecule has 0 aliphatic heterocycles. The van der Waals surface area contributed by atoms with Crippen molar-refractivity contribution in [3.05, 3.63) is 78.8 Å². The number of fused-ring (bicyclic) bond motifs is 1. The molecule has 4 rings (SSSR count). The molecule has 2 heterocycles. The van der Waals surface area contributed by atoms with Crippen LogP contribution in [-0.2, 0) is 0 Å². The van der Waals surface area contributed by atoms with Crippen LogP contribution in [-0.4, -0.2) is 40.9 Å². The predicted octanol–water partition coefficient (Wildman–Crippen LogP) is 3.63. The predicted molar refractivity (Wildman–Crippen MR) is 114 cm³/mol. The lowest BCUT2D eigenvalue weighted by Gasteiger charge is -2.09. The third-order valence-electron chi connectivity index (χ3n) is 4.62. The van der Waals surface area contributed by atoms with Crippen LogP contribution in [0.1, 0.15) is 16.9 Å². The summed E-state index contributed by atoms with van der Waals surface area (Å²) in [4.78, 5) is 16.7. The largest absolute Gasteiger partial charge is 0.497 e. The summed E-state index contributed by atoms with van der Waals surface area (Å²) in [6.45, 7) is 0.975. The number of para-hydroxylation sites is 1. The summed E-state index contributed by atoms with van der Waals surface area (Å²) in [7, 11) is 1.62. The number of nitrogens with one attached hydrogen (secondary N) is 1. The maximum absolute atomic E-state index is 12.3. The Morgan fingerprint density at radius 3 is 2.73 bits per heavy atom. The average molecular weight is 402 g/mol. The number of nitrogens with zero attached hydrogens (tertiary/aromatic N) is 3. The number of carbonyl (C=O) groups is 1. The van der Waals surface area contributed by atoms with Crippen molar-refractivity contribution in [3.63, 3.8) is 0 Å². The summed E-state index contributed by atoms with van der Waals surface area (Å²) in [5.41, 5.74) is 2.06. The molecule has 0 spiro atoms. The molecule has 1 amide bonds. The summed E-state index contributed by atoms with van der Waals surface area (Å²) in [5.74, 6) is 1.30. The lowest BCUT2D eigenvalue weighted by molar-refractivity contribution is 0.0946. The van der Waals surface area contributed by atoms with Gasteiger partial charge in [0.15, 0.2) is 5.69 Å². The van der Waals surface area contributed by atoms with Gasteiger partial charge in [0, 0.05) is 24.3 Å². The Morgan fingerprint density at radius 2 is 1.90 bits per heavy atom. The van der Waals surface area contributed by atoms with Crippen LogP contribution in [0.5, 0.6) is 11.5 Å². The second kappa shape index (κ2) is 9.09. The van der Waals surface area contributed by atoms with Crippen LogP contribution in [0.3, 0.4) is 0 Å². The van der Waals surface area contributed by atoms with Gasteiger partial charge in [-0.25, -0.2) is 4.68 Å². The lowest BCUT2D eigenvalue weighted by Crippen LogP contribution is -2.26. The molecule has 152 valence electrons. The third-order valence-corrected chi connectivity index (χ3v) is 4.62. The topological polar surface area (TPSA) is 78.3 Å². The maximum Gasteiger partial charge on any atom is 0.271 e. The van der Waals surface area contributed by atoms with E-state index >= 15 is 0 Å². The van der Waals surface area contributed by atoms with E-state index in [1.165, 1.54) is 0 Å². The van der Waals surface area contributed by atoms with Gasteiger partial charge in [-0.1, -0.05) is 18.2 Å². The summed E-state index contributed by atoms with van der Waals surface area (Å²) in [6, 6.07) is 18.9. The SMILES string of the molecule is COc1ccc(-n2ccc(C(=O)NCCCOc3cccc4cccnc34)n2)cc1. The van der Waals surface area contributed by atoms with Gasteiger partial charge < -0.3 is 14.8 Å². The molecule has 0 fully saturated rings. The molecule has 30 heavy (non-hydrogen) atoms. The van der Waals surface area contributed by atoms with Crippen molar-refractivity contribution in [1.29, 1.82) is 0 Å². The fourth-order valence-electron chi connectivity index (χ4n) is 3.06. The van der Waals surface area contributed by atoms with Crippen molar-refractivity contribution < 1.29 is 14.3 Å². The Labute approximate surface area is 174 Å². The Bertz CT molecular complexity index is 1130. The molecule has 2 aromatic carbocycles. The van der Waals surface area contributed by atoms with Crippen LogP contribution in [0, 0.1) is 0 Å². The van der Waals surface area contributed by atoms with E-state index in [2.05, 4.69) is 15.4 Å². The first-order chi connectivity index (χ1) is 14.7. The molecule has 0 saturated heterocycles. The highest BCUT2D eigenvalue weighted by Gasteiger charge is 2.10. The average Bonchev–Trinajstić information content (AvgIpc) is 3.29. The number of amides is 1. The Kier molecular flexibility index (Phi) is 5.89. The molecule has 0 bridgehead atoms. The van der Waals surface area contributed by atoms with Crippen molar-refractivity contribution in [2.45, 2.75) is 6.42 Å². The van der Waals surface area contributed by atoms with Crippen molar-refractivity contribution in [1.82, 2.24) is 20.1 Å². The van der Waals surface area contributed by atoms with Crippen molar-refractivity contribution in [3.8, 4) is 17.2 Å². The molecular formula is C23H22N4O3. The molecule has 4 aromatic rings. The highest BCUT2D eigenvalue weighted by atomic mass is 16.5. The Hall–Kier alpha value is -3.87. The molecule has 0 aliphatic carbocycles. The molecule has 0 radical (unpaired) electrons. The minimum absolute atomic E-state index is 0.214. The Balaban J connectivity index is 1.26. The number of rotatable bonds is 8. The van der Waals surface area contributed by atoms with E-state index in [0.29, 0.717) is 25.3 Å². The van der Waals surface area contributed by atoms with Crippen LogP contribution in [0.2, 0.25) is 0 Å². The fourth-order valence-corrected chi connectivity index (χ4v) is 3.06. The van der Waals surface area contributed by atoms with Gasteiger partial charge >= 0.3 is 0 Å². The molecule has 0 aliphatic rings. The first kappa shape index (κ1) is 19.4. The van der Waals surface area contributed by atoms with Gasteiger partial charge in [-0.05, 0) is 48.9 Å². The van der Waals surface area contributed by atoms with Gasteiger partial charge in [0.2, 0.25) is 0 Å². The van der Waals surface area contributed by atoms with Crippen molar-refractivity contribution in [2.75, 3.05) is 20.3 Å². The normalized spacial score (nSPS) is 10.7. The first-order valence-electron chi connectivity index (χ1n) is 9.69. The van der Waals surface area contributed by atoms with Crippen LogP contribution >= 0.6 is 0 Å². The van der Waals surface area contributed by atoms with E-state index < -0.39 is 0 Å². The number of aromatic nitrogens is 3. The first-order valence-corrected chi connectivity index (χ1v) is 9.69. The summed E-state index contributed by atoms with van der Waals surface area (Å²) in [6.07, 6.45) is 4.18. The van der Waals surface area contributed by atoms with Gasteiger partial charge in [0.05, 0.1) is 19.4 Å². The number of carbonyl (C=O) groups excluding carboxylic acids is 1. The fraction of sp³-hybridized carbons (Fsp3) is 0.174. The van der Waals surface area contributed by atoms with E-state index in [9.17, 15) is 4.79 Å². The highest BCUT2D eigenvalue weighted by molar-refractivity contribution is 5.92. The van der Waals surface area contributed by atoms with Crippen LogP contribution < -0.4 is 14.8 Å². The number of ether oxygens (including phenoxy) is 2. The van der Waals surface area contributed by atoms with E-state index in [0.717, 1.165) is 28.1 Å². The van der Waals surface area contributed by atoms with E-state index in [1.54, 1.807) is 30.3 Å². The maximum atomic E-state index is 12.3. The lowest BCUT2D eigenvalue weighted by atomic mass is 10.2. The van der Waals surface area contributed by atoms with Gasteiger partial charge in [-0.2, -0.15) is 5.10 Å². The second-order valence-corrected chi connectivity index (χ2v) is 6.63. The van der Waals surface area contributed by atoms with Crippen molar-refractivity contribution in [2.24, 2.45) is 0 Å². The summed E-state index contributed by atoms with van der Waals surface area (Å²) in [5, 5.41) is 8.25. The van der Waals surface area contributed by atoms with Gasteiger partial charge in [-0.3, -0.25) is 9.78 Å². The highest BCUT2D eigenvalue weighted by Crippen LogP contribution is 2.22. The molecule has 1 N–H and O–H groups in total. The third kappa shape index (κ3) is 4.41. The van der Waals surface area contributed by atoms with E-state index in [-0.39, 0.29) is 5.91 Å². The number of benzene rings is 2. The Morgan fingerprint density at radius 1 is 1.07 bits per heavy atom. The van der Waals surface area contributed by atoms with Gasteiger partial charge in [-0.15, -0.1) is 0 Å². The smallest absolute Gasteiger partial charge is 0.271 e. The van der Waals surface area contributed by atoms with Gasteiger partial charge in [0.1, 0.15) is 17.0 Å². The molecule has 0 unspecified atom stereocenters. The zero-order valence-electron chi connectivity index (χ0n) is 16.6. The second-order valence-electron chi connectivity index (χ2n) is 6.63. The quantitative estimate of drug-likeness (QED) is 0.456. The number of hydrogen-bond donors (Lipinski definition) is 1. The molecule has 0 saturated carbocycles.